The Kier molecular flexibility index (Phi) is 4.92. The highest BCUT2D eigenvalue weighted by molar-refractivity contribution is 9.10. The first-order chi connectivity index (χ1) is 7.97. The molecule has 0 N–H and O–H groups in total. The number of aromatic nitrogens is 1. The number of nitrogens with zero attached hydrogens (tertiary/aromatic N) is 1. The van der Waals surface area contributed by atoms with E-state index in [-0.39, 0.29) is 16.8 Å². The van der Waals surface area contributed by atoms with E-state index in [1.165, 1.54) is 0 Å². The summed E-state index contributed by atoms with van der Waals surface area (Å²) in [5, 5.41) is 0. The maximum atomic E-state index is 13.6. The lowest BCUT2D eigenvalue weighted by Crippen LogP contribution is -2.12. The van der Waals surface area contributed by atoms with Crippen LogP contribution in [-0.2, 0) is 16.0 Å². The summed E-state index contributed by atoms with van der Waals surface area (Å²) < 4.78 is 43.1. The van der Waals surface area contributed by atoms with Crippen molar-refractivity contribution in [1.29, 1.82) is 0 Å². The second kappa shape index (κ2) is 6.00. The first kappa shape index (κ1) is 14.0. The van der Waals surface area contributed by atoms with Crippen molar-refractivity contribution in [1.82, 2.24) is 4.98 Å². The fraction of sp³-hybridized carbons (Fsp3) is 0.400. The third-order valence-corrected chi connectivity index (χ3v) is 2.55. The molecule has 0 aliphatic carbocycles. The molecule has 0 radical (unpaired) electrons. The quantitative estimate of drug-likeness (QED) is 0.802. The van der Waals surface area contributed by atoms with Crippen LogP contribution in [0, 0.1) is 5.82 Å². The fourth-order valence-electron chi connectivity index (χ4n) is 1.19. The zero-order chi connectivity index (χ0) is 13.0. The molecule has 0 saturated carbocycles. The number of halogens is 4. The van der Waals surface area contributed by atoms with Gasteiger partial charge in [-0.3, -0.25) is 9.78 Å². The highest BCUT2D eigenvalue weighted by Crippen LogP contribution is 2.30. The summed E-state index contributed by atoms with van der Waals surface area (Å²) in [4.78, 5) is 14.7. The molecule has 17 heavy (non-hydrogen) atoms. The fourth-order valence-corrected chi connectivity index (χ4v) is 1.64. The van der Waals surface area contributed by atoms with Crippen molar-refractivity contribution in [3.05, 3.63) is 27.7 Å². The van der Waals surface area contributed by atoms with Gasteiger partial charge < -0.3 is 4.74 Å². The molecule has 0 atom stereocenters. The Bertz CT molecular complexity index is 426. The standard InChI is InChI=1S/C10H9BrF3NO2/c1-2-17-7(16)3-6-9(12)8(10(13)14)5(11)4-15-6/h4,10H,2-3H2,1H3. The normalized spacial score (nSPS) is 10.7. The maximum Gasteiger partial charge on any atom is 0.311 e. The molecular weight excluding hydrogens is 303 g/mol. The first-order valence-corrected chi connectivity index (χ1v) is 5.53. The first-order valence-electron chi connectivity index (χ1n) is 4.73. The number of alkyl halides is 2. The minimum atomic E-state index is -2.98. The zero-order valence-electron chi connectivity index (χ0n) is 8.84. The molecule has 1 rings (SSSR count). The third-order valence-electron chi connectivity index (χ3n) is 1.92. The molecular formula is C10H9BrF3NO2. The van der Waals surface area contributed by atoms with Gasteiger partial charge in [-0.2, -0.15) is 0 Å². The van der Waals surface area contributed by atoms with E-state index < -0.39 is 30.2 Å². The van der Waals surface area contributed by atoms with E-state index in [1.807, 2.05) is 0 Å². The number of esters is 1. The molecule has 0 bridgehead atoms. The topological polar surface area (TPSA) is 39.2 Å². The van der Waals surface area contributed by atoms with Gasteiger partial charge in [0, 0.05) is 10.7 Å². The molecule has 0 unspecified atom stereocenters. The molecule has 0 aromatic carbocycles. The van der Waals surface area contributed by atoms with Gasteiger partial charge in [-0.05, 0) is 22.9 Å². The van der Waals surface area contributed by atoms with Crippen molar-refractivity contribution < 1.29 is 22.7 Å². The minimum Gasteiger partial charge on any atom is -0.466 e. The predicted molar refractivity (Wildman–Crippen MR) is 57.2 cm³/mol. The van der Waals surface area contributed by atoms with Gasteiger partial charge in [0.15, 0.2) is 5.82 Å². The second-order valence-electron chi connectivity index (χ2n) is 3.06. The van der Waals surface area contributed by atoms with Crippen molar-refractivity contribution in [3.63, 3.8) is 0 Å². The molecule has 0 aliphatic heterocycles. The monoisotopic (exact) mass is 311 g/mol. The van der Waals surface area contributed by atoms with Crippen LogP contribution in [0.4, 0.5) is 13.2 Å². The van der Waals surface area contributed by atoms with Crippen molar-refractivity contribution in [2.75, 3.05) is 6.61 Å². The number of hydrogen-bond donors (Lipinski definition) is 0. The van der Waals surface area contributed by atoms with Gasteiger partial charge in [0.1, 0.15) is 0 Å². The predicted octanol–water partition coefficient (Wildman–Crippen LogP) is 3.03. The van der Waals surface area contributed by atoms with Gasteiger partial charge in [-0.1, -0.05) is 0 Å². The van der Waals surface area contributed by atoms with Crippen molar-refractivity contribution >= 4 is 21.9 Å². The van der Waals surface area contributed by atoms with E-state index in [2.05, 4.69) is 25.7 Å². The van der Waals surface area contributed by atoms with E-state index in [1.54, 1.807) is 6.92 Å². The summed E-state index contributed by atoms with van der Waals surface area (Å²) in [6, 6.07) is 0. The summed E-state index contributed by atoms with van der Waals surface area (Å²) in [5.74, 6) is -1.89. The van der Waals surface area contributed by atoms with Crippen LogP contribution in [-0.4, -0.2) is 17.6 Å². The van der Waals surface area contributed by atoms with Gasteiger partial charge in [-0.15, -0.1) is 0 Å². The van der Waals surface area contributed by atoms with E-state index in [9.17, 15) is 18.0 Å². The van der Waals surface area contributed by atoms with Crippen LogP contribution in [0.15, 0.2) is 10.7 Å². The molecule has 0 fully saturated rings. The van der Waals surface area contributed by atoms with Gasteiger partial charge in [-0.25, -0.2) is 13.2 Å². The molecule has 1 aromatic rings. The van der Waals surface area contributed by atoms with Crippen LogP contribution >= 0.6 is 15.9 Å². The number of carbonyl (C=O) groups excluding carboxylic acids is 1. The SMILES string of the molecule is CCOC(=O)Cc1ncc(Br)c(C(F)F)c1F. The molecule has 1 heterocycles. The largest absolute Gasteiger partial charge is 0.466 e. The van der Waals surface area contributed by atoms with Crippen LogP contribution in [0.25, 0.3) is 0 Å². The van der Waals surface area contributed by atoms with Gasteiger partial charge in [0.05, 0.1) is 24.3 Å². The van der Waals surface area contributed by atoms with Crippen LogP contribution in [0.1, 0.15) is 24.6 Å². The Hall–Kier alpha value is -1.11. The molecule has 0 spiro atoms. The van der Waals surface area contributed by atoms with E-state index in [0.29, 0.717) is 0 Å². The van der Waals surface area contributed by atoms with Gasteiger partial charge >= 0.3 is 5.97 Å². The van der Waals surface area contributed by atoms with E-state index in [4.69, 9.17) is 0 Å². The average Bonchev–Trinajstić information content (AvgIpc) is 2.22. The Labute approximate surface area is 104 Å². The molecule has 0 aliphatic rings. The Morgan fingerprint density at radius 1 is 1.59 bits per heavy atom. The minimum absolute atomic E-state index is 0.127. The van der Waals surface area contributed by atoms with Crippen LogP contribution in [0.5, 0.6) is 0 Å². The summed E-state index contributed by atoms with van der Waals surface area (Å²) >= 11 is 2.78. The smallest absolute Gasteiger partial charge is 0.311 e. The van der Waals surface area contributed by atoms with E-state index in [0.717, 1.165) is 6.20 Å². The van der Waals surface area contributed by atoms with Crippen LogP contribution in [0.3, 0.4) is 0 Å². The lowest BCUT2D eigenvalue weighted by Gasteiger charge is -2.08. The van der Waals surface area contributed by atoms with E-state index >= 15 is 0 Å². The Morgan fingerprint density at radius 3 is 2.76 bits per heavy atom. The van der Waals surface area contributed by atoms with Crippen LogP contribution < -0.4 is 0 Å². The summed E-state index contributed by atoms with van der Waals surface area (Å²) in [5.41, 5.74) is -1.14. The Balaban J connectivity index is 3.02. The molecule has 94 valence electrons. The summed E-state index contributed by atoms with van der Waals surface area (Å²) in [6.07, 6.45) is -2.40. The number of carbonyl (C=O) groups is 1. The molecule has 3 nitrogen and oxygen atoms in total. The summed E-state index contributed by atoms with van der Waals surface area (Å²) in [7, 11) is 0. The molecule has 0 saturated heterocycles. The number of pyridine rings is 1. The molecule has 1 aromatic heterocycles. The Morgan fingerprint density at radius 2 is 2.24 bits per heavy atom. The number of ether oxygens (including phenoxy) is 1. The number of rotatable bonds is 4. The highest BCUT2D eigenvalue weighted by Gasteiger charge is 2.22. The van der Waals surface area contributed by atoms with Gasteiger partial charge in [0.2, 0.25) is 0 Å². The lowest BCUT2D eigenvalue weighted by atomic mass is 10.2. The van der Waals surface area contributed by atoms with Crippen molar-refractivity contribution in [3.8, 4) is 0 Å². The van der Waals surface area contributed by atoms with Gasteiger partial charge in [0.25, 0.3) is 6.43 Å². The second-order valence-corrected chi connectivity index (χ2v) is 3.92. The van der Waals surface area contributed by atoms with Crippen LogP contribution in [0.2, 0.25) is 0 Å². The third kappa shape index (κ3) is 3.42. The highest BCUT2D eigenvalue weighted by atomic mass is 79.9. The summed E-state index contributed by atoms with van der Waals surface area (Å²) in [6.45, 7) is 1.73. The average molecular weight is 312 g/mol. The maximum absolute atomic E-state index is 13.6. The molecule has 7 heteroatoms. The molecule has 0 amide bonds. The zero-order valence-corrected chi connectivity index (χ0v) is 10.4. The lowest BCUT2D eigenvalue weighted by molar-refractivity contribution is -0.142. The number of hydrogen-bond acceptors (Lipinski definition) is 3. The van der Waals surface area contributed by atoms with Crippen molar-refractivity contribution in [2.45, 2.75) is 19.8 Å². The van der Waals surface area contributed by atoms with Crippen molar-refractivity contribution in [2.24, 2.45) is 0 Å².